The highest BCUT2D eigenvalue weighted by Gasteiger charge is 2.23. The fourth-order valence-electron chi connectivity index (χ4n) is 2.00. The quantitative estimate of drug-likeness (QED) is 0.869. The summed E-state index contributed by atoms with van der Waals surface area (Å²) in [7, 11) is 0. The van der Waals surface area contributed by atoms with Crippen LogP contribution in [0.2, 0.25) is 0 Å². The smallest absolute Gasteiger partial charge is 0.0446 e. The van der Waals surface area contributed by atoms with Crippen molar-refractivity contribution in [2.24, 2.45) is 5.41 Å². The normalized spacial score (nSPS) is 13.7. The first-order valence-corrected chi connectivity index (χ1v) is 7.23. The molecule has 1 rings (SSSR count). The number of benzene rings is 1. The van der Waals surface area contributed by atoms with Crippen LogP contribution in [-0.2, 0) is 6.54 Å². The van der Waals surface area contributed by atoms with Crippen molar-refractivity contribution in [3.05, 3.63) is 33.8 Å². The number of aliphatic hydroxyl groups is 1. The van der Waals surface area contributed by atoms with Crippen molar-refractivity contribution < 1.29 is 5.11 Å². The molecule has 0 aliphatic carbocycles. The molecule has 0 spiro atoms. The van der Waals surface area contributed by atoms with Crippen LogP contribution >= 0.6 is 15.9 Å². The molecule has 0 saturated heterocycles. The fraction of sp³-hybridized carbons (Fsp3) is 0.600. The first kappa shape index (κ1) is 15.7. The molecule has 2 N–H and O–H groups in total. The number of hydrogen-bond acceptors (Lipinski definition) is 2. The van der Waals surface area contributed by atoms with Gasteiger partial charge in [-0.15, -0.1) is 0 Å². The summed E-state index contributed by atoms with van der Waals surface area (Å²) in [5.41, 5.74) is 2.67. The van der Waals surface area contributed by atoms with E-state index in [1.807, 2.05) is 0 Å². The van der Waals surface area contributed by atoms with Crippen molar-refractivity contribution in [3.8, 4) is 0 Å². The third kappa shape index (κ3) is 4.71. The van der Waals surface area contributed by atoms with E-state index in [2.05, 4.69) is 67.1 Å². The van der Waals surface area contributed by atoms with Gasteiger partial charge in [-0.05, 0) is 36.0 Å². The van der Waals surface area contributed by atoms with Crippen LogP contribution in [0.25, 0.3) is 0 Å². The predicted octanol–water partition coefficient (Wildman–Crippen LogP) is 3.64. The Balaban J connectivity index is 2.67. The predicted molar refractivity (Wildman–Crippen MR) is 80.7 cm³/mol. The Morgan fingerprint density at radius 2 is 2.00 bits per heavy atom. The van der Waals surface area contributed by atoms with Gasteiger partial charge in [0, 0.05) is 23.7 Å². The second-order valence-electron chi connectivity index (χ2n) is 5.91. The third-order valence-corrected chi connectivity index (χ3v) is 3.95. The van der Waals surface area contributed by atoms with Gasteiger partial charge in [-0.2, -0.15) is 0 Å². The summed E-state index contributed by atoms with van der Waals surface area (Å²) in [6, 6.07) is 6.72. The minimum Gasteiger partial charge on any atom is -0.396 e. The Morgan fingerprint density at radius 3 is 2.50 bits per heavy atom. The molecular formula is C15H24BrNO. The highest BCUT2D eigenvalue weighted by Crippen LogP contribution is 2.23. The van der Waals surface area contributed by atoms with Crippen molar-refractivity contribution in [2.45, 2.75) is 46.7 Å². The lowest BCUT2D eigenvalue weighted by atomic mass is 9.85. The van der Waals surface area contributed by atoms with E-state index in [4.69, 9.17) is 5.11 Å². The number of rotatable bonds is 5. The van der Waals surface area contributed by atoms with Crippen LogP contribution in [0, 0.1) is 12.3 Å². The number of hydrogen-bond donors (Lipinski definition) is 2. The van der Waals surface area contributed by atoms with Gasteiger partial charge in [0.1, 0.15) is 0 Å². The molecule has 1 atom stereocenters. The van der Waals surface area contributed by atoms with Crippen LogP contribution in [0.1, 0.15) is 38.3 Å². The van der Waals surface area contributed by atoms with E-state index in [0.29, 0.717) is 6.04 Å². The second-order valence-corrected chi connectivity index (χ2v) is 6.76. The number of nitrogens with one attached hydrogen (secondary N) is 1. The SMILES string of the molecule is Cc1ccc(CNC(CCO)C(C)(C)C)c(Br)c1. The summed E-state index contributed by atoms with van der Waals surface area (Å²) in [5.74, 6) is 0. The van der Waals surface area contributed by atoms with Crippen LogP contribution in [0.4, 0.5) is 0 Å². The minimum atomic E-state index is 0.153. The molecule has 0 amide bonds. The van der Waals surface area contributed by atoms with Crippen molar-refractivity contribution in [1.82, 2.24) is 5.32 Å². The molecular weight excluding hydrogens is 290 g/mol. The molecule has 2 nitrogen and oxygen atoms in total. The molecule has 18 heavy (non-hydrogen) atoms. The standard InChI is InChI=1S/C15H24BrNO/c1-11-5-6-12(13(16)9-11)10-17-14(7-8-18)15(2,3)4/h5-6,9,14,17-18H,7-8,10H2,1-4H3. The van der Waals surface area contributed by atoms with Gasteiger partial charge in [0.2, 0.25) is 0 Å². The Hall–Kier alpha value is -0.380. The second kappa shape index (κ2) is 6.69. The zero-order chi connectivity index (χ0) is 13.8. The highest BCUT2D eigenvalue weighted by atomic mass is 79.9. The average molecular weight is 314 g/mol. The van der Waals surface area contributed by atoms with Gasteiger partial charge >= 0.3 is 0 Å². The zero-order valence-electron chi connectivity index (χ0n) is 11.8. The Labute approximate surface area is 119 Å². The van der Waals surface area contributed by atoms with E-state index in [-0.39, 0.29) is 12.0 Å². The molecule has 0 bridgehead atoms. The van der Waals surface area contributed by atoms with E-state index in [9.17, 15) is 0 Å². The molecule has 0 aromatic heterocycles. The fourth-order valence-corrected chi connectivity index (χ4v) is 2.63. The number of aliphatic hydroxyl groups excluding tert-OH is 1. The molecule has 1 aromatic rings. The lowest BCUT2D eigenvalue weighted by molar-refractivity contribution is 0.196. The molecule has 0 radical (unpaired) electrons. The largest absolute Gasteiger partial charge is 0.396 e. The first-order chi connectivity index (χ1) is 8.34. The van der Waals surface area contributed by atoms with Crippen LogP contribution in [0.3, 0.4) is 0 Å². The number of halogens is 1. The van der Waals surface area contributed by atoms with Crippen LogP contribution in [0.5, 0.6) is 0 Å². The number of aryl methyl sites for hydroxylation is 1. The van der Waals surface area contributed by atoms with Gasteiger partial charge in [0.15, 0.2) is 0 Å². The molecule has 1 unspecified atom stereocenters. The Kier molecular flexibility index (Phi) is 5.83. The molecule has 0 aliphatic rings. The van der Waals surface area contributed by atoms with Crippen molar-refractivity contribution >= 4 is 15.9 Å². The van der Waals surface area contributed by atoms with Crippen LogP contribution in [-0.4, -0.2) is 17.8 Å². The van der Waals surface area contributed by atoms with Crippen LogP contribution in [0.15, 0.2) is 22.7 Å². The lowest BCUT2D eigenvalue weighted by Crippen LogP contribution is -2.40. The third-order valence-electron chi connectivity index (χ3n) is 3.21. The van der Waals surface area contributed by atoms with Gasteiger partial charge in [0.25, 0.3) is 0 Å². The summed E-state index contributed by atoms with van der Waals surface area (Å²) in [6.45, 7) is 9.73. The topological polar surface area (TPSA) is 32.3 Å². The average Bonchev–Trinajstić information content (AvgIpc) is 2.24. The van der Waals surface area contributed by atoms with Crippen molar-refractivity contribution in [1.29, 1.82) is 0 Å². The molecule has 3 heteroatoms. The van der Waals surface area contributed by atoms with Gasteiger partial charge < -0.3 is 10.4 Å². The maximum atomic E-state index is 9.14. The summed E-state index contributed by atoms with van der Waals surface area (Å²) in [6.07, 6.45) is 0.785. The van der Waals surface area contributed by atoms with Gasteiger partial charge in [-0.25, -0.2) is 0 Å². The Morgan fingerprint density at radius 1 is 1.33 bits per heavy atom. The molecule has 1 aromatic carbocycles. The first-order valence-electron chi connectivity index (χ1n) is 6.44. The van der Waals surface area contributed by atoms with Gasteiger partial charge in [0.05, 0.1) is 0 Å². The zero-order valence-corrected chi connectivity index (χ0v) is 13.3. The van der Waals surface area contributed by atoms with Crippen molar-refractivity contribution in [3.63, 3.8) is 0 Å². The molecule has 0 saturated carbocycles. The van der Waals surface area contributed by atoms with E-state index in [1.54, 1.807) is 0 Å². The molecule has 0 fully saturated rings. The van der Waals surface area contributed by atoms with Gasteiger partial charge in [-0.3, -0.25) is 0 Å². The van der Waals surface area contributed by atoms with Crippen molar-refractivity contribution in [2.75, 3.05) is 6.61 Å². The lowest BCUT2D eigenvalue weighted by Gasteiger charge is -2.31. The summed E-state index contributed by atoms with van der Waals surface area (Å²) in [5, 5.41) is 12.7. The molecule has 102 valence electrons. The summed E-state index contributed by atoms with van der Waals surface area (Å²) < 4.78 is 1.15. The van der Waals surface area contributed by atoms with E-state index >= 15 is 0 Å². The van der Waals surface area contributed by atoms with E-state index < -0.39 is 0 Å². The minimum absolute atomic E-state index is 0.153. The monoisotopic (exact) mass is 313 g/mol. The van der Waals surface area contributed by atoms with E-state index in [1.165, 1.54) is 11.1 Å². The molecule has 0 heterocycles. The van der Waals surface area contributed by atoms with Gasteiger partial charge in [-0.1, -0.05) is 48.8 Å². The van der Waals surface area contributed by atoms with Crippen LogP contribution < -0.4 is 5.32 Å². The summed E-state index contributed by atoms with van der Waals surface area (Å²) >= 11 is 3.60. The van der Waals surface area contributed by atoms with E-state index in [0.717, 1.165) is 17.4 Å². The Bertz CT molecular complexity index is 385. The maximum Gasteiger partial charge on any atom is 0.0446 e. The summed E-state index contributed by atoms with van der Waals surface area (Å²) in [4.78, 5) is 0. The maximum absolute atomic E-state index is 9.14. The molecule has 0 aliphatic heterocycles. The highest BCUT2D eigenvalue weighted by molar-refractivity contribution is 9.10.